The topological polar surface area (TPSA) is 96.0 Å². The number of nitrogens with zero attached hydrogens (tertiary/aromatic N) is 2. The van der Waals surface area contributed by atoms with Crippen LogP contribution in [-0.4, -0.2) is 51.4 Å². The zero-order valence-corrected chi connectivity index (χ0v) is 25.3. The fourth-order valence-corrected chi connectivity index (χ4v) is 6.08. The lowest BCUT2D eigenvalue weighted by molar-refractivity contribution is -0.140. The third-order valence-electron chi connectivity index (χ3n) is 6.37. The van der Waals surface area contributed by atoms with Crippen LogP contribution in [0.3, 0.4) is 0 Å². The highest BCUT2D eigenvalue weighted by molar-refractivity contribution is 7.92. The standard InChI is InChI=1S/C29H32Cl2FN3O5S/c1-4-17-33-29(37)27(5-2)34(18-24-25(30)7-6-8-26(24)31)28(36)19-35(21-11-9-20(32)10-12-21)41(38,39)23-15-13-22(40-3)14-16-23/h6-16,27H,4-5,17-19H2,1-3H3,(H,33,37)/t27-/m1/s1. The first-order valence-corrected chi connectivity index (χ1v) is 15.2. The van der Waals surface area contributed by atoms with Crippen molar-refractivity contribution in [3.8, 4) is 5.75 Å². The van der Waals surface area contributed by atoms with Gasteiger partial charge in [0.05, 0.1) is 17.7 Å². The van der Waals surface area contributed by atoms with E-state index in [1.54, 1.807) is 25.1 Å². The molecule has 0 aliphatic carbocycles. The molecule has 3 rings (SSSR count). The highest BCUT2D eigenvalue weighted by Gasteiger charge is 2.34. The van der Waals surface area contributed by atoms with Crippen LogP contribution in [0.2, 0.25) is 10.0 Å². The van der Waals surface area contributed by atoms with Gasteiger partial charge in [0, 0.05) is 28.7 Å². The van der Waals surface area contributed by atoms with Crippen molar-refractivity contribution < 1.29 is 27.1 Å². The number of rotatable bonds is 13. The SMILES string of the molecule is CCCNC(=O)[C@@H](CC)N(Cc1c(Cl)cccc1Cl)C(=O)CN(c1ccc(F)cc1)S(=O)(=O)c1ccc(OC)cc1. The quantitative estimate of drug-likeness (QED) is 0.265. The smallest absolute Gasteiger partial charge is 0.264 e. The third kappa shape index (κ3) is 7.90. The molecule has 8 nitrogen and oxygen atoms in total. The molecule has 0 unspecified atom stereocenters. The van der Waals surface area contributed by atoms with E-state index in [0.29, 0.717) is 34.3 Å². The Bertz CT molecular complexity index is 1430. The van der Waals surface area contributed by atoms with Gasteiger partial charge in [0.15, 0.2) is 0 Å². The van der Waals surface area contributed by atoms with Crippen LogP contribution in [0, 0.1) is 5.82 Å². The van der Waals surface area contributed by atoms with Crippen molar-refractivity contribution in [2.75, 3.05) is 24.5 Å². The lowest BCUT2D eigenvalue weighted by Gasteiger charge is -2.33. The van der Waals surface area contributed by atoms with Gasteiger partial charge >= 0.3 is 0 Å². The van der Waals surface area contributed by atoms with E-state index >= 15 is 0 Å². The lowest BCUT2D eigenvalue weighted by atomic mass is 10.1. The van der Waals surface area contributed by atoms with Crippen molar-refractivity contribution in [2.45, 2.75) is 44.2 Å². The van der Waals surface area contributed by atoms with E-state index in [2.05, 4.69) is 5.32 Å². The molecular weight excluding hydrogens is 592 g/mol. The molecule has 1 N–H and O–H groups in total. The first-order chi connectivity index (χ1) is 19.5. The monoisotopic (exact) mass is 623 g/mol. The number of anilines is 1. The number of hydrogen-bond donors (Lipinski definition) is 1. The highest BCUT2D eigenvalue weighted by Crippen LogP contribution is 2.29. The van der Waals surface area contributed by atoms with Gasteiger partial charge in [-0.3, -0.25) is 13.9 Å². The van der Waals surface area contributed by atoms with Crippen molar-refractivity contribution in [1.82, 2.24) is 10.2 Å². The second-order valence-electron chi connectivity index (χ2n) is 9.10. The molecule has 0 spiro atoms. The Balaban J connectivity index is 2.08. The van der Waals surface area contributed by atoms with Gasteiger partial charge in [0.1, 0.15) is 24.2 Å². The lowest BCUT2D eigenvalue weighted by Crippen LogP contribution is -2.52. The van der Waals surface area contributed by atoms with Gasteiger partial charge in [0.2, 0.25) is 11.8 Å². The van der Waals surface area contributed by atoms with Gasteiger partial charge in [-0.25, -0.2) is 12.8 Å². The Morgan fingerprint density at radius 3 is 2.12 bits per heavy atom. The van der Waals surface area contributed by atoms with E-state index in [4.69, 9.17) is 27.9 Å². The second-order valence-corrected chi connectivity index (χ2v) is 11.8. The maximum absolute atomic E-state index is 14.0. The number of amides is 2. The van der Waals surface area contributed by atoms with Crippen LogP contribution in [-0.2, 0) is 26.2 Å². The molecular formula is C29H32Cl2FN3O5S. The molecule has 1 atom stereocenters. The summed E-state index contributed by atoms with van der Waals surface area (Å²) in [6.45, 7) is 3.22. The molecule has 0 aromatic heterocycles. The molecule has 0 radical (unpaired) electrons. The zero-order valence-electron chi connectivity index (χ0n) is 22.9. The molecule has 0 bridgehead atoms. The first kappa shape index (κ1) is 32.2. The Morgan fingerprint density at radius 1 is 0.976 bits per heavy atom. The minimum Gasteiger partial charge on any atom is -0.497 e. The molecule has 0 aliphatic rings. The molecule has 0 fully saturated rings. The molecule has 0 heterocycles. The number of ether oxygens (including phenoxy) is 1. The summed E-state index contributed by atoms with van der Waals surface area (Å²) in [7, 11) is -2.87. The maximum Gasteiger partial charge on any atom is 0.264 e. The fourth-order valence-electron chi connectivity index (χ4n) is 4.15. The van der Waals surface area contributed by atoms with Crippen LogP contribution in [0.15, 0.2) is 71.6 Å². The summed E-state index contributed by atoms with van der Waals surface area (Å²) in [4.78, 5) is 28.4. The van der Waals surface area contributed by atoms with Crippen molar-refractivity contribution >= 4 is 50.7 Å². The largest absolute Gasteiger partial charge is 0.497 e. The summed E-state index contributed by atoms with van der Waals surface area (Å²) < 4.78 is 47.5. The number of hydrogen-bond acceptors (Lipinski definition) is 5. The molecule has 0 aliphatic heterocycles. The minimum absolute atomic E-state index is 0.0646. The van der Waals surface area contributed by atoms with Crippen molar-refractivity contribution in [3.05, 3.63) is 88.2 Å². The second kappa shape index (κ2) is 14.5. The molecule has 220 valence electrons. The minimum atomic E-state index is -4.32. The molecule has 2 amide bonds. The average Bonchev–Trinajstić information content (AvgIpc) is 2.96. The summed E-state index contributed by atoms with van der Waals surface area (Å²) in [6, 6.07) is 14.3. The number of methoxy groups -OCH3 is 1. The van der Waals surface area contributed by atoms with Crippen molar-refractivity contribution in [1.29, 1.82) is 0 Å². The van der Waals surface area contributed by atoms with E-state index in [1.165, 1.54) is 48.4 Å². The average molecular weight is 625 g/mol. The first-order valence-electron chi connectivity index (χ1n) is 13.0. The zero-order chi connectivity index (χ0) is 30.2. The van der Waals surface area contributed by atoms with E-state index in [9.17, 15) is 22.4 Å². The molecule has 0 saturated carbocycles. The number of carbonyl (C=O) groups is 2. The molecule has 12 heteroatoms. The van der Waals surface area contributed by atoms with Crippen molar-refractivity contribution in [2.24, 2.45) is 0 Å². The van der Waals surface area contributed by atoms with Gasteiger partial charge < -0.3 is 15.0 Å². The van der Waals surface area contributed by atoms with Crippen LogP contribution in [0.25, 0.3) is 0 Å². The maximum atomic E-state index is 14.0. The summed E-state index contributed by atoms with van der Waals surface area (Å²) in [5, 5.41) is 3.39. The van der Waals surface area contributed by atoms with Gasteiger partial charge in [-0.2, -0.15) is 0 Å². The van der Waals surface area contributed by atoms with E-state index in [-0.39, 0.29) is 23.5 Å². The Kier molecular flexibility index (Phi) is 11.4. The highest BCUT2D eigenvalue weighted by atomic mass is 35.5. The Labute approximate surface area is 250 Å². The summed E-state index contributed by atoms with van der Waals surface area (Å²) in [5.74, 6) is -1.20. The van der Waals surface area contributed by atoms with E-state index < -0.39 is 40.2 Å². The van der Waals surface area contributed by atoms with Gasteiger partial charge in [0.25, 0.3) is 10.0 Å². The van der Waals surface area contributed by atoms with E-state index in [0.717, 1.165) is 16.4 Å². The van der Waals surface area contributed by atoms with Crippen LogP contribution < -0.4 is 14.4 Å². The predicted octanol–water partition coefficient (Wildman–Crippen LogP) is 5.67. The molecule has 3 aromatic rings. The predicted molar refractivity (Wildman–Crippen MR) is 158 cm³/mol. The number of nitrogens with one attached hydrogen (secondary N) is 1. The Morgan fingerprint density at radius 2 is 1.59 bits per heavy atom. The van der Waals surface area contributed by atoms with E-state index in [1.807, 2.05) is 6.92 Å². The van der Waals surface area contributed by atoms with Crippen LogP contribution >= 0.6 is 23.2 Å². The van der Waals surface area contributed by atoms with Crippen LogP contribution in [0.5, 0.6) is 5.75 Å². The number of benzene rings is 3. The number of carbonyl (C=O) groups excluding carboxylic acids is 2. The van der Waals surface area contributed by atoms with Crippen LogP contribution in [0.4, 0.5) is 10.1 Å². The number of sulfonamides is 1. The van der Waals surface area contributed by atoms with Gasteiger partial charge in [-0.05, 0) is 73.5 Å². The normalized spacial score (nSPS) is 12.0. The summed E-state index contributed by atoms with van der Waals surface area (Å²) in [5.41, 5.74) is 0.479. The molecule has 41 heavy (non-hydrogen) atoms. The van der Waals surface area contributed by atoms with Crippen molar-refractivity contribution in [3.63, 3.8) is 0 Å². The van der Waals surface area contributed by atoms with Crippen LogP contribution in [0.1, 0.15) is 32.3 Å². The molecule has 3 aromatic carbocycles. The summed E-state index contributed by atoms with van der Waals surface area (Å²) in [6.07, 6.45) is 0.927. The fraction of sp³-hybridized carbons (Fsp3) is 0.310. The number of halogens is 3. The Hall–Kier alpha value is -3.34. The van der Waals surface area contributed by atoms with Gasteiger partial charge in [-0.1, -0.05) is 43.1 Å². The van der Waals surface area contributed by atoms with Gasteiger partial charge in [-0.15, -0.1) is 0 Å². The summed E-state index contributed by atoms with van der Waals surface area (Å²) >= 11 is 12.8. The molecule has 0 saturated heterocycles. The third-order valence-corrected chi connectivity index (χ3v) is 8.86.